The topological polar surface area (TPSA) is 72.3 Å². The van der Waals surface area contributed by atoms with E-state index in [9.17, 15) is 9.90 Å². The average Bonchev–Trinajstić information content (AvgIpc) is 3.34. The molecule has 2 aromatic rings. The Bertz CT molecular complexity index is 857. The van der Waals surface area contributed by atoms with Crippen LogP contribution in [0.3, 0.4) is 0 Å². The first-order valence-electron chi connectivity index (χ1n) is 11.6. The third-order valence-corrected chi connectivity index (χ3v) is 7.16. The number of ether oxygens (including phenoxy) is 1. The molecule has 2 fully saturated rings. The average molecular weight is 425 g/mol. The van der Waals surface area contributed by atoms with Crippen LogP contribution in [0.2, 0.25) is 0 Å². The second-order valence-electron chi connectivity index (χ2n) is 9.48. The van der Waals surface area contributed by atoms with E-state index in [0.29, 0.717) is 5.56 Å². The van der Waals surface area contributed by atoms with E-state index in [0.717, 1.165) is 74.8 Å². The number of piperidine rings is 1. The zero-order valence-corrected chi connectivity index (χ0v) is 18.4. The van der Waals surface area contributed by atoms with Crippen molar-refractivity contribution in [1.82, 2.24) is 9.97 Å². The maximum atomic E-state index is 13.4. The lowest BCUT2D eigenvalue weighted by Gasteiger charge is -2.42. The number of quaternary nitrogens is 1. The molecule has 0 radical (unpaired) electrons. The van der Waals surface area contributed by atoms with Crippen molar-refractivity contribution in [2.45, 2.75) is 56.7 Å². The lowest BCUT2D eigenvalue weighted by atomic mass is 9.80. The fourth-order valence-electron chi connectivity index (χ4n) is 5.32. The van der Waals surface area contributed by atoms with E-state index in [2.05, 4.69) is 17.0 Å². The number of benzene rings is 1. The fraction of sp³-hybridized carbons (Fsp3) is 0.560. The van der Waals surface area contributed by atoms with Crippen molar-refractivity contribution in [2.24, 2.45) is 5.92 Å². The van der Waals surface area contributed by atoms with Crippen molar-refractivity contribution in [3.05, 3.63) is 60.2 Å². The quantitative estimate of drug-likeness (QED) is 0.546. The molecule has 1 N–H and O–H groups in total. The Kier molecular flexibility index (Phi) is 6.68. The molecule has 0 amide bonds. The fourth-order valence-corrected chi connectivity index (χ4v) is 5.32. The van der Waals surface area contributed by atoms with Gasteiger partial charge < -0.3 is 14.3 Å². The van der Waals surface area contributed by atoms with Gasteiger partial charge in [0.05, 0.1) is 20.1 Å². The molecule has 2 heterocycles. The van der Waals surface area contributed by atoms with Crippen LogP contribution in [-0.2, 0) is 21.6 Å². The smallest absolute Gasteiger partial charge is 0.343 e. The van der Waals surface area contributed by atoms with Crippen LogP contribution in [0.4, 0.5) is 0 Å². The lowest BCUT2D eigenvalue weighted by molar-refractivity contribution is -0.916. The van der Waals surface area contributed by atoms with Crippen LogP contribution in [-0.4, -0.2) is 58.3 Å². The van der Waals surface area contributed by atoms with Gasteiger partial charge in [0, 0.05) is 30.7 Å². The zero-order valence-electron chi connectivity index (χ0n) is 18.4. The van der Waals surface area contributed by atoms with Crippen molar-refractivity contribution in [1.29, 1.82) is 0 Å². The Morgan fingerprint density at radius 3 is 2.65 bits per heavy atom. The van der Waals surface area contributed by atoms with E-state index < -0.39 is 11.6 Å². The molecular weight excluding hydrogens is 390 g/mol. The molecule has 0 spiro atoms. The first-order valence-corrected chi connectivity index (χ1v) is 11.6. The van der Waals surface area contributed by atoms with Crippen LogP contribution < -0.4 is 0 Å². The van der Waals surface area contributed by atoms with Gasteiger partial charge in [0.2, 0.25) is 0 Å². The molecule has 1 aliphatic heterocycles. The van der Waals surface area contributed by atoms with Crippen LogP contribution in [0.1, 0.15) is 49.8 Å². The summed E-state index contributed by atoms with van der Waals surface area (Å²) >= 11 is 0. The summed E-state index contributed by atoms with van der Waals surface area (Å²) in [6, 6.07) is 11.3. The first kappa shape index (κ1) is 21.9. The van der Waals surface area contributed by atoms with Crippen molar-refractivity contribution < 1.29 is 19.1 Å². The number of carbonyl (C=O) groups excluding carboxylic acids is 1. The van der Waals surface area contributed by atoms with Gasteiger partial charge in [-0.2, -0.15) is 0 Å². The van der Waals surface area contributed by atoms with Crippen LogP contribution in [0.5, 0.6) is 0 Å². The third kappa shape index (κ3) is 4.96. The number of aliphatic hydroxyl groups is 1. The highest BCUT2D eigenvalue weighted by Crippen LogP contribution is 2.42. The van der Waals surface area contributed by atoms with Gasteiger partial charge in [-0.1, -0.05) is 43.2 Å². The summed E-state index contributed by atoms with van der Waals surface area (Å²) in [6.45, 7) is 2.77. The molecule has 166 valence electrons. The monoisotopic (exact) mass is 424 g/mol. The minimum absolute atomic E-state index is 0.0790. The van der Waals surface area contributed by atoms with Gasteiger partial charge in [0.15, 0.2) is 11.7 Å². The first-order chi connectivity index (χ1) is 15.0. The van der Waals surface area contributed by atoms with Crippen LogP contribution >= 0.6 is 0 Å². The van der Waals surface area contributed by atoms with E-state index in [4.69, 9.17) is 4.74 Å². The normalized spacial score (nSPS) is 26.3. The van der Waals surface area contributed by atoms with Crippen LogP contribution in [0.25, 0.3) is 0 Å². The lowest BCUT2D eigenvalue weighted by Crippen LogP contribution is -2.56. The highest BCUT2D eigenvalue weighted by Gasteiger charge is 2.49. The summed E-state index contributed by atoms with van der Waals surface area (Å²) in [5.41, 5.74) is 0.136. The molecule has 1 aromatic heterocycles. The number of rotatable bonds is 7. The largest absolute Gasteiger partial charge is 0.454 e. The molecule has 2 unspecified atom stereocenters. The van der Waals surface area contributed by atoms with Gasteiger partial charge in [-0.15, -0.1) is 0 Å². The second kappa shape index (κ2) is 9.45. The number of likely N-dealkylation sites (tertiary alicyclic amines) is 1. The number of aromatic nitrogens is 2. The molecule has 1 saturated heterocycles. The predicted octanol–water partition coefficient (Wildman–Crippen LogP) is 3.25. The van der Waals surface area contributed by atoms with Gasteiger partial charge in [0.25, 0.3) is 0 Å². The number of esters is 1. The van der Waals surface area contributed by atoms with Gasteiger partial charge in [-0.25, -0.2) is 14.8 Å². The standard InChI is InChI=1S/C25H34N3O3/c1-28(17-14-22-13-15-26-19-27-22)16-7-12-23(18-28)31-24(29)25(30,21-10-5-6-11-21)20-8-3-2-4-9-20/h2-4,8-9,13,15,19,21,23,30H,5-7,10-12,14,16-18H2,1H3/q+1/t23?,25-,28?/m0/s1. The maximum absolute atomic E-state index is 13.4. The van der Waals surface area contributed by atoms with Gasteiger partial charge >= 0.3 is 5.97 Å². The number of hydrogen-bond donors (Lipinski definition) is 1. The van der Waals surface area contributed by atoms with Crippen molar-refractivity contribution in [2.75, 3.05) is 26.7 Å². The summed E-state index contributed by atoms with van der Waals surface area (Å²) in [5.74, 6) is -0.551. The Hall–Kier alpha value is -2.31. The number of carbonyl (C=O) groups is 1. The summed E-state index contributed by atoms with van der Waals surface area (Å²) in [7, 11) is 2.22. The van der Waals surface area contributed by atoms with Gasteiger partial charge in [0.1, 0.15) is 12.9 Å². The molecule has 6 nitrogen and oxygen atoms in total. The minimum Gasteiger partial charge on any atom is -0.454 e. The van der Waals surface area contributed by atoms with Gasteiger partial charge in [-0.05, 0) is 30.9 Å². The highest BCUT2D eigenvalue weighted by atomic mass is 16.6. The molecule has 31 heavy (non-hydrogen) atoms. The molecule has 2 aliphatic rings. The Balaban J connectivity index is 1.44. The van der Waals surface area contributed by atoms with E-state index in [1.54, 1.807) is 12.5 Å². The van der Waals surface area contributed by atoms with E-state index >= 15 is 0 Å². The Morgan fingerprint density at radius 2 is 1.94 bits per heavy atom. The van der Waals surface area contributed by atoms with Crippen molar-refractivity contribution in [3.8, 4) is 0 Å². The molecule has 1 aromatic carbocycles. The van der Waals surface area contributed by atoms with E-state index in [1.807, 2.05) is 36.4 Å². The maximum Gasteiger partial charge on any atom is 0.343 e. The SMILES string of the molecule is C[N+]1(CCc2ccncn2)CCCC(OC(=O)[C@](O)(c2ccccc2)C2CCCC2)C1. The highest BCUT2D eigenvalue weighted by molar-refractivity contribution is 5.81. The summed E-state index contributed by atoms with van der Waals surface area (Å²) in [4.78, 5) is 21.7. The van der Waals surface area contributed by atoms with Crippen LogP contribution in [0.15, 0.2) is 48.9 Å². The number of hydrogen-bond acceptors (Lipinski definition) is 5. The third-order valence-electron chi connectivity index (χ3n) is 7.16. The summed E-state index contributed by atoms with van der Waals surface area (Å²) in [5, 5.41) is 11.7. The number of likely N-dealkylation sites (N-methyl/N-ethyl adjacent to an activating group) is 1. The molecule has 6 heteroatoms. The number of nitrogens with zero attached hydrogens (tertiary/aromatic N) is 3. The van der Waals surface area contributed by atoms with Crippen molar-refractivity contribution in [3.63, 3.8) is 0 Å². The molecule has 1 aliphatic carbocycles. The summed E-state index contributed by atoms with van der Waals surface area (Å²) < 4.78 is 6.88. The minimum atomic E-state index is -1.56. The molecule has 0 bridgehead atoms. The van der Waals surface area contributed by atoms with Crippen LogP contribution in [0, 0.1) is 5.92 Å². The summed E-state index contributed by atoms with van der Waals surface area (Å²) in [6.07, 6.45) is 9.73. The van der Waals surface area contributed by atoms with E-state index in [-0.39, 0.29) is 12.0 Å². The van der Waals surface area contributed by atoms with Crippen molar-refractivity contribution >= 4 is 5.97 Å². The molecule has 3 atom stereocenters. The van der Waals surface area contributed by atoms with Gasteiger partial charge in [-0.3, -0.25) is 0 Å². The zero-order chi connectivity index (χ0) is 21.7. The molecular formula is C25H34N3O3+. The predicted molar refractivity (Wildman–Crippen MR) is 118 cm³/mol. The Labute approximate surface area is 184 Å². The van der Waals surface area contributed by atoms with E-state index in [1.165, 1.54) is 0 Å². The second-order valence-corrected chi connectivity index (χ2v) is 9.48. The Morgan fingerprint density at radius 1 is 1.16 bits per heavy atom. The molecule has 1 saturated carbocycles. The molecule has 4 rings (SSSR count).